The minimum absolute atomic E-state index is 0.103. The van der Waals surface area contributed by atoms with Gasteiger partial charge in [0.25, 0.3) is 0 Å². The lowest BCUT2D eigenvalue weighted by Crippen LogP contribution is -2.17. The Kier molecular flexibility index (Phi) is 3.88. The maximum Gasteiger partial charge on any atom is 0.151 e. The van der Waals surface area contributed by atoms with E-state index in [1.54, 1.807) is 0 Å². The monoisotopic (exact) mass is 227 g/mol. The third kappa shape index (κ3) is 4.95. The van der Waals surface area contributed by atoms with Crippen molar-refractivity contribution in [3.63, 3.8) is 0 Å². The van der Waals surface area contributed by atoms with Gasteiger partial charge in [0, 0.05) is 12.3 Å². The van der Waals surface area contributed by atoms with E-state index in [2.05, 4.69) is 0 Å². The van der Waals surface area contributed by atoms with Crippen LogP contribution in [0, 0.1) is 0 Å². The van der Waals surface area contributed by atoms with Gasteiger partial charge in [-0.3, -0.25) is 0 Å². The van der Waals surface area contributed by atoms with Gasteiger partial charge in [-0.2, -0.15) is 0 Å². The number of nitrogens with two attached hydrogens (primary N) is 1. The highest BCUT2D eigenvalue weighted by Gasteiger charge is 2.04. The average molecular weight is 227 g/mol. The van der Waals surface area contributed by atoms with Crippen molar-refractivity contribution >= 4 is 9.84 Å². The Morgan fingerprint density at radius 2 is 1.67 bits per heavy atom. The lowest BCUT2D eigenvalue weighted by Gasteiger charge is -2.06. The van der Waals surface area contributed by atoms with Crippen molar-refractivity contribution < 1.29 is 8.42 Å². The van der Waals surface area contributed by atoms with Gasteiger partial charge in [0.05, 0.1) is 5.75 Å². The summed E-state index contributed by atoms with van der Waals surface area (Å²) in [6, 6.07) is 7.69. The van der Waals surface area contributed by atoms with Gasteiger partial charge in [-0.25, -0.2) is 8.42 Å². The van der Waals surface area contributed by atoms with Crippen LogP contribution in [0.15, 0.2) is 24.3 Å². The van der Waals surface area contributed by atoms with Gasteiger partial charge >= 0.3 is 0 Å². The first-order chi connectivity index (χ1) is 6.87. The van der Waals surface area contributed by atoms with Crippen molar-refractivity contribution in [2.45, 2.75) is 25.1 Å². The largest absolute Gasteiger partial charge is 0.328 e. The minimum atomic E-state index is -2.94. The van der Waals surface area contributed by atoms with Crippen LogP contribution in [-0.4, -0.2) is 20.7 Å². The van der Waals surface area contributed by atoms with Crippen LogP contribution in [0.3, 0.4) is 0 Å². The van der Waals surface area contributed by atoms with Crippen molar-refractivity contribution in [1.82, 2.24) is 0 Å². The van der Waals surface area contributed by atoms with Crippen LogP contribution in [0.25, 0.3) is 0 Å². The molecular formula is C11H17NO2S. The molecule has 2 N–H and O–H groups in total. The highest BCUT2D eigenvalue weighted by molar-refractivity contribution is 7.89. The number of sulfone groups is 1. The third-order valence-corrected chi connectivity index (χ3v) is 2.87. The zero-order valence-corrected chi connectivity index (χ0v) is 9.92. The van der Waals surface area contributed by atoms with E-state index in [0.29, 0.717) is 0 Å². The molecule has 0 heterocycles. The Balaban J connectivity index is 2.73. The molecule has 0 fully saturated rings. The van der Waals surface area contributed by atoms with Crippen molar-refractivity contribution in [2.75, 3.05) is 6.26 Å². The Morgan fingerprint density at radius 3 is 2.07 bits per heavy atom. The molecule has 0 spiro atoms. The van der Waals surface area contributed by atoms with Crippen LogP contribution in [0.5, 0.6) is 0 Å². The van der Waals surface area contributed by atoms with E-state index < -0.39 is 9.84 Å². The molecule has 15 heavy (non-hydrogen) atoms. The predicted octanol–water partition coefficient (Wildman–Crippen LogP) is 1.12. The quantitative estimate of drug-likeness (QED) is 0.838. The van der Waals surface area contributed by atoms with Crippen molar-refractivity contribution in [1.29, 1.82) is 0 Å². The molecule has 0 aliphatic heterocycles. The van der Waals surface area contributed by atoms with E-state index >= 15 is 0 Å². The van der Waals surface area contributed by atoms with E-state index in [4.69, 9.17) is 5.73 Å². The van der Waals surface area contributed by atoms with E-state index in [-0.39, 0.29) is 11.8 Å². The topological polar surface area (TPSA) is 60.2 Å². The molecular weight excluding hydrogens is 210 g/mol. The Hall–Kier alpha value is -0.870. The maximum atomic E-state index is 11.0. The summed E-state index contributed by atoms with van der Waals surface area (Å²) < 4.78 is 22.1. The number of benzene rings is 1. The van der Waals surface area contributed by atoms with E-state index in [9.17, 15) is 8.42 Å². The van der Waals surface area contributed by atoms with Crippen molar-refractivity contribution in [3.8, 4) is 0 Å². The predicted molar refractivity (Wildman–Crippen MR) is 62.3 cm³/mol. The molecule has 0 aromatic heterocycles. The summed E-state index contributed by atoms with van der Waals surface area (Å²) in [5.41, 5.74) is 7.63. The summed E-state index contributed by atoms with van der Waals surface area (Å²) in [6.45, 7) is 1.95. The smallest absolute Gasteiger partial charge is 0.151 e. The van der Waals surface area contributed by atoms with Gasteiger partial charge in [-0.15, -0.1) is 0 Å². The summed E-state index contributed by atoms with van der Waals surface area (Å²) in [6.07, 6.45) is 2.06. The van der Waals surface area contributed by atoms with E-state index in [1.165, 1.54) is 6.26 Å². The molecule has 1 atom stereocenters. The van der Waals surface area contributed by atoms with Crippen LogP contribution in [-0.2, 0) is 22.0 Å². The second kappa shape index (κ2) is 4.77. The first-order valence-corrected chi connectivity index (χ1v) is 6.94. The fourth-order valence-electron chi connectivity index (χ4n) is 1.45. The number of rotatable bonds is 4. The molecule has 1 aromatic carbocycles. The molecule has 0 aliphatic carbocycles. The fraction of sp³-hybridized carbons (Fsp3) is 0.455. The van der Waals surface area contributed by atoms with Gasteiger partial charge in [0.15, 0.2) is 9.84 Å². The van der Waals surface area contributed by atoms with Gasteiger partial charge < -0.3 is 5.73 Å². The lowest BCUT2D eigenvalue weighted by molar-refractivity contribution is 0.601. The molecule has 1 unspecified atom stereocenters. The van der Waals surface area contributed by atoms with Crippen LogP contribution in [0.2, 0.25) is 0 Å². The molecule has 0 aliphatic rings. The molecule has 0 amide bonds. The second-order valence-electron chi connectivity index (χ2n) is 4.07. The lowest BCUT2D eigenvalue weighted by atomic mass is 10.1. The SMILES string of the molecule is CC(N)Cc1ccc(CS(C)(=O)=O)cc1. The Labute approximate surface area is 91.2 Å². The summed E-state index contributed by atoms with van der Waals surface area (Å²) >= 11 is 0. The number of hydrogen-bond acceptors (Lipinski definition) is 3. The molecule has 0 bridgehead atoms. The highest BCUT2D eigenvalue weighted by Crippen LogP contribution is 2.09. The van der Waals surface area contributed by atoms with Crippen LogP contribution >= 0.6 is 0 Å². The van der Waals surface area contributed by atoms with Crippen molar-refractivity contribution in [3.05, 3.63) is 35.4 Å². The summed E-state index contributed by atoms with van der Waals surface area (Å²) in [7, 11) is -2.94. The summed E-state index contributed by atoms with van der Waals surface area (Å²) in [4.78, 5) is 0. The molecule has 0 saturated heterocycles. The average Bonchev–Trinajstić information content (AvgIpc) is 2.05. The molecule has 0 radical (unpaired) electrons. The van der Waals surface area contributed by atoms with Crippen LogP contribution in [0.1, 0.15) is 18.1 Å². The molecule has 4 heteroatoms. The van der Waals surface area contributed by atoms with E-state index in [1.807, 2.05) is 31.2 Å². The van der Waals surface area contributed by atoms with E-state index in [0.717, 1.165) is 17.5 Å². The molecule has 1 rings (SSSR count). The van der Waals surface area contributed by atoms with Gasteiger partial charge in [0.1, 0.15) is 0 Å². The second-order valence-corrected chi connectivity index (χ2v) is 6.21. The Morgan fingerprint density at radius 1 is 1.20 bits per heavy atom. The van der Waals surface area contributed by atoms with Crippen molar-refractivity contribution in [2.24, 2.45) is 5.73 Å². The standard InChI is InChI=1S/C11H17NO2S/c1-9(12)7-10-3-5-11(6-4-10)8-15(2,13)14/h3-6,9H,7-8,12H2,1-2H3. The first-order valence-electron chi connectivity index (χ1n) is 4.88. The summed E-state index contributed by atoms with van der Waals surface area (Å²) in [5.74, 6) is 0.103. The third-order valence-electron chi connectivity index (χ3n) is 2.01. The maximum absolute atomic E-state index is 11.0. The number of hydrogen-bond donors (Lipinski definition) is 1. The first kappa shape index (κ1) is 12.2. The molecule has 1 aromatic rings. The van der Waals surface area contributed by atoms with Crippen LogP contribution < -0.4 is 5.73 Å². The highest BCUT2D eigenvalue weighted by atomic mass is 32.2. The van der Waals surface area contributed by atoms with Gasteiger partial charge in [0.2, 0.25) is 0 Å². The zero-order chi connectivity index (χ0) is 11.5. The normalized spacial score (nSPS) is 13.8. The molecule has 3 nitrogen and oxygen atoms in total. The van der Waals surface area contributed by atoms with Gasteiger partial charge in [-0.05, 0) is 24.5 Å². The summed E-state index contributed by atoms with van der Waals surface area (Å²) in [5, 5.41) is 0. The molecule has 84 valence electrons. The van der Waals surface area contributed by atoms with Crippen LogP contribution in [0.4, 0.5) is 0 Å². The zero-order valence-electron chi connectivity index (χ0n) is 9.10. The minimum Gasteiger partial charge on any atom is -0.328 e. The molecule has 0 saturated carbocycles. The fourth-order valence-corrected chi connectivity index (χ4v) is 2.24. The Bertz CT molecular complexity index is 407. The van der Waals surface area contributed by atoms with Gasteiger partial charge in [-0.1, -0.05) is 24.3 Å².